The summed E-state index contributed by atoms with van der Waals surface area (Å²) in [6, 6.07) is 7.47. The van der Waals surface area contributed by atoms with Gasteiger partial charge in [-0.05, 0) is 50.9 Å². The number of rotatable bonds is 8. The van der Waals surface area contributed by atoms with Gasteiger partial charge in [-0.1, -0.05) is 26.0 Å². The van der Waals surface area contributed by atoms with Gasteiger partial charge in [-0.15, -0.1) is 0 Å². The molecule has 1 aliphatic carbocycles. The summed E-state index contributed by atoms with van der Waals surface area (Å²) >= 11 is 0. The molecule has 0 aromatic heterocycles. The molecular weight excluding hydrogens is 290 g/mol. The minimum Gasteiger partial charge on any atom is -0.488 e. The van der Waals surface area contributed by atoms with E-state index in [4.69, 9.17) is 4.74 Å². The van der Waals surface area contributed by atoms with Gasteiger partial charge in [-0.3, -0.25) is 0 Å². The van der Waals surface area contributed by atoms with Crippen molar-refractivity contribution in [2.24, 2.45) is 0 Å². The van der Waals surface area contributed by atoms with Crippen LogP contribution in [0.5, 0.6) is 5.75 Å². The molecule has 2 N–H and O–H groups in total. The van der Waals surface area contributed by atoms with Gasteiger partial charge in [-0.25, -0.2) is 4.79 Å². The summed E-state index contributed by atoms with van der Waals surface area (Å²) in [6.45, 7) is 7.75. The number of likely N-dealkylation sites (N-methyl/N-ethyl adjacent to an activating group) is 1. The Morgan fingerprint density at radius 1 is 1.22 bits per heavy atom. The quantitative estimate of drug-likeness (QED) is 0.771. The summed E-state index contributed by atoms with van der Waals surface area (Å²) in [6.07, 6.45) is 4.94. The molecule has 0 aliphatic heterocycles. The summed E-state index contributed by atoms with van der Waals surface area (Å²) in [4.78, 5) is 14.3. The molecule has 0 spiro atoms. The van der Waals surface area contributed by atoms with Gasteiger partial charge in [0.2, 0.25) is 0 Å². The van der Waals surface area contributed by atoms with Crippen molar-refractivity contribution in [2.75, 3.05) is 31.5 Å². The molecule has 5 nitrogen and oxygen atoms in total. The number of amides is 2. The second kappa shape index (κ2) is 9.40. The lowest BCUT2D eigenvalue weighted by Crippen LogP contribution is -2.37. The number of para-hydroxylation sites is 2. The zero-order chi connectivity index (χ0) is 16.5. The minimum absolute atomic E-state index is 0.181. The lowest BCUT2D eigenvalue weighted by molar-refractivity contribution is 0.211. The van der Waals surface area contributed by atoms with E-state index in [1.54, 1.807) is 0 Å². The van der Waals surface area contributed by atoms with Gasteiger partial charge >= 0.3 is 6.03 Å². The maximum Gasteiger partial charge on any atom is 0.319 e. The van der Waals surface area contributed by atoms with Gasteiger partial charge in [0.05, 0.1) is 11.8 Å². The summed E-state index contributed by atoms with van der Waals surface area (Å²) < 4.78 is 6.03. The third-order valence-electron chi connectivity index (χ3n) is 4.34. The minimum atomic E-state index is -0.181. The number of nitrogens with one attached hydrogen (secondary N) is 2. The van der Waals surface area contributed by atoms with Crippen molar-refractivity contribution in [3.05, 3.63) is 24.3 Å². The van der Waals surface area contributed by atoms with Crippen LogP contribution in [0.2, 0.25) is 0 Å². The van der Waals surface area contributed by atoms with Crippen LogP contribution in [-0.4, -0.2) is 43.2 Å². The second-order valence-electron chi connectivity index (χ2n) is 5.93. The zero-order valence-electron chi connectivity index (χ0n) is 14.3. The highest BCUT2D eigenvalue weighted by Crippen LogP contribution is 2.29. The summed E-state index contributed by atoms with van der Waals surface area (Å²) in [5, 5.41) is 5.80. The normalized spacial score (nSPS) is 14.9. The van der Waals surface area contributed by atoms with Gasteiger partial charge in [0, 0.05) is 13.1 Å². The van der Waals surface area contributed by atoms with Crippen molar-refractivity contribution < 1.29 is 9.53 Å². The van der Waals surface area contributed by atoms with Crippen LogP contribution in [0.3, 0.4) is 0 Å². The number of carbonyl (C=O) groups excluding carboxylic acids is 1. The predicted molar refractivity (Wildman–Crippen MR) is 94.1 cm³/mol. The highest BCUT2D eigenvalue weighted by Gasteiger charge is 2.18. The first-order valence-corrected chi connectivity index (χ1v) is 8.75. The molecule has 1 fully saturated rings. The van der Waals surface area contributed by atoms with E-state index in [9.17, 15) is 4.79 Å². The maximum absolute atomic E-state index is 12.1. The molecular formula is C18H29N3O2. The second-order valence-corrected chi connectivity index (χ2v) is 5.93. The van der Waals surface area contributed by atoms with Crippen LogP contribution in [0.4, 0.5) is 10.5 Å². The number of ether oxygens (including phenoxy) is 1. The third-order valence-corrected chi connectivity index (χ3v) is 4.34. The molecule has 2 rings (SSSR count). The average molecular weight is 319 g/mol. The highest BCUT2D eigenvalue weighted by molar-refractivity contribution is 5.90. The van der Waals surface area contributed by atoms with Crippen molar-refractivity contribution in [3.8, 4) is 5.75 Å². The fourth-order valence-electron chi connectivity index (χ4n) is 2.89. The van der Waals surface area contributed by atoms with E-state index in [0.29, 0.717) is 6.54 Å². The van der Waals surface area contributed by atoms with E-state index in [1.807, 2.05) is 24.3 Å². The lowest BCUT2D eigenvalue weighted by Gasteiger charge is -2.19. The van der Waals surface area contributed by atoms with Crippen LogP contribution in [0.25, 0.3) is 0 Å². The number of hydrogen-bond acceptors (Lipinski definition) is 3. The molecule has 128 valence electrons. The number of benzene rings is 1. The molecule has 23 heavy (non-hydrogen) atoms. The Hall–Kier alpha value is -1.75. The standard InChI is InChI=1S/C18H29N3O2/c1-3-21(4-2)14-13-19-18(22)20-16-11-7-8-12-17(16)23-15-9-5-6-10-15/h7-8,11-12,15H,3-6,9-10,13-14H2,1-2H3,(H2,19,20,22). The molecule has 1 saturated carbocycles. The number of carbonyl (C=O) groups is 1. The Labute approximate surface area is 139 Å². The Morgan fingerprint density at radius 3 is 2.61 bits per heavy atom. The van der Waals surface area contributed by atoms with E-state index in [0.717, 1.165) is 43.9 Å². The zero-order valence-corrected chi connectivity index (χ0v) is 14.3. The maximum atomic E-state index is 12.1. The molecule has 0 heterocycles. The van der Waals surface area contributed by atoms with Crippen LogP contribution in [-0.2, 0) is 0 Å². The Kier molecular flexibility index (Phi) is 7.20. The van der Waals surface area contributed by atoms with E-state index >= 15 is 0 Å². The van der Waals surface area contributed by atoms with E-state index in [1.165, 1.54) is 12.8 Å². The Morgan fingerprint density at radius 2 is 1.91 bits per heavy atom. The van der Waals surface area contributed by atoms with Gasteiger partial charge < -0.3 is 20.3 Å². The summed E-state index contributed by atoms with van der Waals surface area (Å²) in [5.41, 5.74) is 0.736. The molecule has 1 aliphatic rings. The van der Waals surface area contributed by atoms with Crippen LogP contribution >= 0.6 is 0 Å². The molecule has 0 unspecified atom stereocenters. The Bertz CT molecular complexity index is 483. The monoisotopic (exact) mass is 319 g/mol. The molecule has 0 atom stereocenters. The SMILES string of the molecule is CCN(CC)CCNC(=O)Nc1ccccc1OC1CCCC1. The fourth-order valence-corrected chi connectivity index (χ4v) is 2.89. The van der Waals surface area contributed by atoms with E-state index in [2.05, 4.69) is 29.4 Å². The molecule has 5 heteroatoms. The summed E-state index contributed by atoms with van der Waals surface area (Å²) in [5.74, 6) is 0.762. The van der Waals surface area contributed by atoms with Gasteiger partial charge in [0.15, 0.2) is 0 Å². The largest absolute Gasteiger partial charge is 0.488 e. The molecule has 0 saturated heterocycles. The first-order valence-electron chi connectivity index (χ1n) is 8.75. The molecule has 1 aromatic rings. The van der Waals surface area contributed by atoms with Crippen LogP contribution < -0.4 is 15.4 Å². The van der Waals surface area contributed by atoms with Gasteiger partial charge in [0.1, 0.15) is 5.75 Å². The first-order chi connectivity index (χ1) is 11.2. The van der Waals surface area contributed by atoms with Gasteiger partial charge in [-0.2, -0.15) is 0 Å². The third kappa shape index (κ3) is 5.75. The number of hydrogen-bond donors (Lipinski definition) is 2. The van der Waals surface area contributed by atoms with Crippen molar-refractivity contribution >= 4 is 11.7 Å². The molecule has 2 amide bonds. The van der Waals surface area contributed by atoms with E-state index < -0.39 is 0 Å². The van der Waals surface area contributed by atoms with Gasteiger partial charge in [0.25, 0.3) is 0 Å². The average Bonchev–Trinajstić information content (AvgIpc) is 3.06. The first kappa shape index (κ1) is 17.6. The topological polar surface area (TPSA) is 53.6 Å². The fraction of sp³-hybridized carbons (Fsp3) is 0.611. The van der Waals surface area contributed by atoms with E-state index in [-0.39, 0.29) is 12.1 Å². The summed E-state index contributed by atoms with van der Waals surface area (Å²) in [7, 11) is 0. The number of anilines is 1. The van der Waals surface area contributed by atoms with Crippen molar-refractivity contribution in [1.29, 1.82) is 0 Å². The molecule has 0 bridgehead atoms. The van der Waals surface area contributed by atoms with Crippen LogP contribution in [0.1, 0.15) is 39.5 Å². The molecule has 1 aromatic carbocycles. The Balaban J connectivity index is 1.82. The van der Waals surface area contributed by atoms with Crippen LogP contribution in [0, 0.1) is 0 Å². The van der Waals surface area contributed by atoms with Crippen molar-refractivity contribution in [2.45, 2.75) is 45.6 Å². The lowest BCUT2D eigenvalue weighted by atomic mass is 10.2. The number of nitrogens with zero attached hydrogens (tertiary/aromatic N) is 1. The molecule has 0 radical (unpaired) electrons. The van der Waals surface area contributed by atoms with Crippen molar-refractivity contribution in [3.63, 3.8) is 0 Å². The predicted octanol–water partition coefficient (Wildman–Crippen LogP) is 3.47. The smallest absolute Gasteiger partial charge is 0.319 e. The van der Waals surface area contributed by atoms with Crippen LogP contribution in [0.15, 0.2) is 24.3 Å². The number of urea groups is 1. The highest BCUT2D eigenvalue weighted by atomic mass is 16.5. The van der Waals surface area contributed by atoms with Crippen molar-refractivity contribution in [1.82, 2.24) is 10.2 Å².